The molecule has 6 nitrogen and oxygen atoms in total. The molecule has 2 N–H and O–H groups in total. The first-order chi connectivity index (χ1) is 12.6. The van der Waals surface area contributed by atoms with Crippen LogP contribution < -0.4 is 10.1 Å². The van der Waals surface area contributed by atoms with Crippen molar-refractivity contribution in [3.63, 3.8) is 0 Å². The summed E-state index contributed by atoms with van der Waals surface area (Å²) in [5.74, 6) is 1.23. The van der Waals surface area contributed by atoms with Gasteiger partial charge in [-0.2, -0.15) is 4.99 Å². The fraction of sp³-hybridized carbons (Fsp3) is 0.400. The van der Waals surface area contributed by atoms with Gasteiger partial charge in [0, 0.05) is 17.8 Å². The van der Waals surface area contributed by atoms with Crippen molar-refractivity contribution in [2.24, 2.45) is 4.99 Å². The molecule has 1 unspecified atom stereocenters. The monoisotopic (exact) mass is 355 g/mol. The minimum absolute atomic E-state index is 0.544. The standard InChI is InChI=1S/C10H14N2.C10H11NO3/c1-2-6-12-10(3-1)9-4-7-11-8-5-9;1-7-5-9(14-8(2)13)3-4-10(7)11-6-12/h1-3,6,9,11H,4-5,7-8H2;3-5,8,13H,1-2H3. The average Bonchev–Trinajstić information content (AvgIpc) is 2.66. The first kappa shape index (κ1) is 19.8. The van der Waals surface area contributed by atoms with Crippen molar-refractivity contribution >= 4 is 11.8 Å². The largest absolute Gasteiger partial charge is 0.465 e. The molecule has 1 fully saturated rings. The zero-order valence-corrected chi connectivity index (χ0v) is 15.2. The summed E-state index contributed by atoms with van der Waals surface area (Å²) < 4.78 is 5.04. The van der Waals surface area contributed by atoms with Crippen LogP contribution in [0, 0.1) is 6.92 Å². The Balaban J connectivity index is 0.000000189. The highest BCUT2D eigenvalue weighted by molar-refractivity contribution is 5.55. The third-order valence-corrected chi connectivity index (χ3v) is 4.09. The molecule has 6 heteroatoms. The number of nitrogens with one attached hydrogen (secondary N) is 1. The molecule has 1 aromatic heterocycles. The van der Waals surface area contributed by atoms with E-state index in [9.17, 15) is 4.79 Å². The molecular weight excluding hydrogens is 330 g/mol. The number of nitrogens with zero attached hydrogens (tertiary/aromatic N) is 2. The molecule has 0 aliphatic carbocycles. The van der Waals surface area contributed by atoms with Gasteiger partial charge in [-0.25, -0.2) is 4.79 Å². The number of rotatable bonds is 4. The van der Waals surface area contributed by atoms with Crippen LogP contribution in [0.2, 0.25) is 0 Å². The van der Waals surface area contributed by atoms with Gasteiger partial charge in [0.15, 0.2) is 6.29 Å². The summed E-state index contributed by atoms with van der Waals surface area (Å²) in [6.07, 6.45) is 4.97. The van der Waals surface area contributed by atoms with E-state index in [0.717, 1.165) is 18.7 Å². The lowest BCUT2D eigenvalue weighted by atomic mass is 9.94. The molecule has 1 aliphatic heterocycles. The number of benzene rings is 1. The predicted molar refractivity (Wildman–Crippen MR) is 100 cm³/mol. The average molecular weight is 355 g/mol. The lowest BCUT2D eigenvalue weighted by Gasteiger charge is -2.21. The van der Waals surface area contributed by atoms with Gasteiger partial charge in [-0.15, -0.1) is 0 Å². The zero-order chi connectivity index (χ0) is 18.8. The fourth-order valence-corrected chi connectivity index (χ4v) is 2.81. The summed E-state index contributed by atoms with van der Waals surface area (Å²) in [5.41, 5.74) is 2.61. The molecule has 26 heavy (non-hydrogen) atoms. The molecule has 1 atom stereocenters. The van der Waals surface area contributed by atoms with Crippen molar-refractivity contribution in [3.8, 4) is 5.75 Å². The second-order valence-corrected chi connectivity index (χ2v) is 6.15. The molecule has 0 bridgehead atoms. The molecule has 138 valence electrons. The van der Waals surface area contributed by atoms with Crippen molar-refractivity contribution < 1.29 is 14.6 Å². The summed E-state index contributed by atoms with van der Waals surface area (Å²) in [5, 5.41) is 12.3. The van der Waals surface area contributed by atoms with Crippen LogP contribution in [-0.4, -0.2) is 35.5 Å². The van der Waals surface area contributed by atoms with Crippen LogP contribution in [0.15, 0.2) is 47.6 Å². The number of ether oxygens (including phenoxy) is 1. The van der Waals surface area contributed by atoms with Crippen molar-refractivity contribution in [2.45, 2.75) is 38.9 Å². The van der Waals surface area contributed by atoms with E-state index in [1.165, 1.54) is 31.5 Å². The lowest BCUT2D eigenvalue weighted by Crippen LogP contribution is -2.26. The van der Waals surface area contributed by atoms with E-state index >= 15 is 0 Å². The number of carbonyl (C=O) groups excluding carboxylic acids is 1. The molecule has 1 aromatic carbocycles. The lowest BCUT2D eigenvalue weighted by molar-refractivity contribution is -0.000314. The number of aliphatic hydroxyl groups is 1. The van der Waals surface area contributed by atoms with Crippen molar-refractivity contribution in [2.75, 3.05) is 13.1 Å². The van der Waals surface area contributed by atoms with E-state index < -0.39 is 6.29 Å². The van der Waals surface area contributed by atoms with E-state index in [2.05, 4.69) is 27.4 Å². The van der Waals surface area contributed by atoms with Crippen LogP contribution in [-0.2, 0) is 4.79 Å². The minimum Gasteiger partial charge on any atom is -0.465 e. The molecule has 0 spiro atoms. The third kappa shape index (κ3) is 6.41. The smallest absolute Gasteiger partial charge is 0.240 e. The first-order valence-corrected chi connectivity index (χ1v) is 8.75. The maximum Gasteiger partial charge on any atom is 0.240 e. The van der Waals surface area contributed by atoms with E-state index in [4.69, 9.17) is 9.84 Å². The van der Waals surface area contributed by atoms with Crippen LogP contribution >= 0.6 is 0 Å². The molecule has 0 radical (unpaired) electrons. The SMILES string of the molecule is Cc1cc(OC(C)O)ccc1N=C=O.c1ccc(C2CCNCC2)nc1. The van der Waals surface area contributed by atoms with Gasteiger partial charge in [-0.1, -0.05) is 6.07 Å². The van der Waals surface area contributed by atoms with Crippen LogP contribution in [0.4, 0.5) is 5.69 Å². The Morgan fingerprint density at radius 3 is 2.65 bits per heavy atom. The highest BCUT2D eigenvalue weighted by Gasteiger charge is 2.15. The number of pyridine rings is 1. The van der Waals surface area contributed by atoms with Crippen LogP contribution in [0.25, 0.3) is 0 Å². The maximum absolute atomic E-state index is 10.0. The van der Waals surface area contributed by atoms with Gasteiger partial charge >= 0.3 is 0 Å². The summed E-state index contributed by atoms with van der Waals surface area (Å²) >= 11 is 0. The van der Waals surface area contributed by atoms with Crippen molar-refractivity contribution in [3.05, 3.63) is 53.9 Å². The van der Waals surface area contributed by atoms with Crippen molar-refractivity contribution in [1.29, 1.82) is 0 Å². The molecular formula is C20H25N3O3. The zero-order valence-electron chi connectivity index (χ0n) is 15.2. The molecule has 2 aromatic rings. The van der Waals surface area contributed by atoms with Crippen LogP contribution in [0.3, 0.4) is 0 Å². The molecule has 0 saturated carbocycles. The van der Waals surface area contributed by atoms with Gasteiger partial charge in [0.1, 0.15) is 5.75 Å². The molecule has 1 saturated heterocycles. The van der Waals surface area contributed by atoms with E-state index in [-0.39, 0.29) is 0 Å². The number of piperidine rings is 1. The molecule has 0 amide bonds. The number of aromatic nitrogens is 1. The first-order valence-electron chi connectivity index (χ1n) is 8.75. The van der Waals surface area contributed by atoms with Crippen molar-refractivity contribution in [1.82, 2.24) is 10.3 Å². The van der Waals surface area contributed by atoms with Gasteiger partial charge in [0.05, 0.1) is 5.69 Å². The van der Waals surface area contributed by atoms with Gasteiger partial charge in [0.2, 0.25) is 6.08 Å². The fourth-order valence-electron chi connectivity index (χ4n) is 2.81. The quantitative estimate of drug-likeness (QED) is 0.500. The maximum atomic E-state index is 10.0. The van der Waals surface area contributed by atoms with Gasteiger partial charge in [-0.3, -0.25) is 4.98 Å². The summed E-state index contributed by atoms with van der Waals surface area (Å²) in [6.45, 7) is 5.60. The van der Waals surface area contributed by atoms with E-state index in [0.29, 0.717) is 17.4 Å². The normalized spacial score (nSPS) is 15.2. The van der Waals surface area contributed by atoms with Gasteiger partial charge < -0.3 is 15.2 Å². The van der Waals surface area contributed by atoms with Gasteiger partial charge in [0.25, 0.3) is 0 Å². The Bertz CT molecular complexity index is 722. The highest BCUT2D eigenvalue weighted by Crippen LogP contribution is 2.24. The minimum atomic E-state index is -0.852. The molecule has 1 aliphatic rings. The Labute approximate surface area is 154 Å². The highest BCUT2D eigenvalue weighted by atomic mass is 16.6. The van der Waals surface area contributed by atoms with Crippen LogP contribution in [0.5, 0.6) is 5.75 Å². The predicted octanol–water partition coefficient (Wildman–Crippen LogP) is 3.23. The number of hydrogen-bond acceptors (Lipinski definition) is 6. The molecule has 2 heterocycles. The van der Waals surface area contributed by atoms with E-state index in [1.807, 2.05) is 12.3 Å². The van der Waals surface area contributed by atoms with E-state index in [1.54, 1.807) is 25.1 Å². The Hall–Kier alpha value is -2.53. The number of aliphatic imine (C=N–C) groups is 1. The number of hydrogen-bond donors (Lipinski definition) is 2. The second kappa shape index (κ2) is 10.5. The molecule has 3 rings (SSSR count). The number of aryl methyl sites for hydroxylation is 1. The Morgan fingerprint density at radius 1 is 1.31 bits per heavy atom. The second-order valence-electron chi connectivity index (χ2n) is 6.15. The third-order valence-electron chi connectivity index (χ3n) is 4.09. The summed E-state index contributed by atoms with van der Waals surface area (Å²) in [4.78, 5) is 17.9. The Kier molecular flexibility index (Phi) is 7.96. The Morgan fingerprint density at radius 2 is 2.08 bits per heavy atom. The van der Waals surface area contributed by atoms with Crippen LogP contribution in [0.1, 0.15) is 36.9 Å². The summed E-state index contributed by atoms with van der Waals surface area (Å²) in [7, 11) is 0. The summed E-state index contributed by atoms with van der Waals surface area (Å²) in [6, 6.07) is 11.2. The number of aliphatic hydroxyl groups excluding tert-OH is 1. The van der Waals surface area contributed by atoms with Gasteiger partial charge in [-0.05, 0) is 75.7 Å². The topological polar surface area (TPSA) is 83.8 Å². The number of isocyanates is 1.